The fraction of sp³-hybridized carbons (Fsp3) is 0.562. The summed E-state index contributed by atoms with van der Waals surface area (Å²) >= 11 is 0. The predicted octanol–water partition coefficient (Wildman–Crippen LogP) is 3.34. The number of amides is 1. The standard InChI is InChI=1S/C16H22F2N2O.ClH/c1-3-20(4-2)16(21)13-10-14(17)12(9-15(13)18)11-5-7-19-8-6-11;/h9-11,19H,3-8H2,1-2H3;1H. The Kier molecular flexibility index (Phi) is 7.23. The van der Waals surface area contributed by atoms with Gasteiger partial charge in [0.2, 0.25) is 0 Å². The molecule has 1 aromatic rings. The molecular weight excluding hydrogens is 310 g/mol. The predicted molar refractivity (Wildman–Crippen MR) is 85.7 cm³/mol. The Labute approximate surface area is 136 Å². The van der Waals surface area contributed by atoms with E-state index in [4.69, 9.17) is 0 Å². The van der Waals surface area contributed by atoms with Crippen LogP contribution in [-0.2, 0) is 0 Å². The van der Waals surface area contributed by atoms with Crippen LogP contribution in [0.2, 0.25) is 0 Å². The van der Waals surface area contributed by atoms with Gasteiger partial charge in [-0.3, -0.25) is 4.79 Å². The second-order valence-electron chi connectivity index (χ2n) is 5.36. The minimum absolute atomic E-state index is 0. The monoisotopic (exact) mass is 332 g/mol. The summed E-state index contributed by atoms with van der Waals surface area (Å²) in [5, 5.41) is 3.20. The number of halogens is 3. The molecule has 1 heterocycles. The van der Waals surface area contributed by atoms with Crippen molar-refractivity contribution >= 4 is 18.3 Å². The van der Waals surface area contributed by atoms with Crippen molar-refractivity contribution in [2.45, 2.75) is 32.6 Å². The number of benzene rings is 1. The Bertz CT molecular complexity index is 515. The van der Waals surface area contributed by atoms with Crippen LogP contribution in [0.25, 0.3) is 0 Å². The highest BCUT2D eigenvalue weighted by molar-refractivity contribution is 5.94. The van der Waals surface area contributed by atoms with Gasteiger partial charge in [-0.05, 0) is 63.4 Å². The van der Waals surface area contributed by atoms with Crippen LogP contribution in [0, 0.1) is 11.6 Å². The first-order valence-corrected chi connectivity index (χ1v) is 7.57. The van der Waals surface area contributed by atoms with E-state index >= 15 is 0 Å². The average Bonchev–Trinajstić information content (AvgIpc) is 2.51. The van der Waals surface area contributed by atoms with Crippen molar-refractivity contribution in [2.24, 2.45) is 0 Å². The zero-order valence-corrected chi connectivity index (χ0v) is 13.8. The fourth-order valence-corrected chi connectivity index (χ4v) is 2.85. The highest BCUT2D eigenvalue weighted by atomic mass is 35.5. The van der Waals surface area contributed by atoms with E-state index in [2.05, 4.69) is 5.32 Å². The number of carbonyl (C=O) groups excluding carboxylic acids is 1. The normalized spacial score (nSPS) is 15.3. The molecule has 0 radical (unpaired) electrons. The Morgan fingerprint density at radius 3 is 2.32 bits per heavy atom. The number of nitrogens with zero attached hydrogens (tertiary/aromatic N) is 1. The molecule has 1 aliphatic rings. The topological polar surface area (TPSA) is 32.3 Å². The van der Waals surface area contributed by atoms with E-state index in [1.54, 1.807) is 0 Å². The van der Waals surface area contributed by atoms with Crippen molar-refractivity contribution in [1.29, 1.82) is 0 Å². The molecule has 1 N–H and O–H groups in total. The van der Waals surface area contributed by atoms with Gasteiger partial charge in [0, 0.05) is 13.1 Å². The Morgan fingerprint density at radius 1 is 1.18 bits per heavy atom. The molecule has 0 saturated carbocycles. The Morgan fingerprint density at radius 2 is 1.77 bits per heavy atom. The van der Waals surface area contributed by atoms with Crippen LogP contribution in [0.4, 0.5) is 8.78 Å². The highest BCUT2D eigenvalue weighted by Crippen LogP contribution is 2.29. The van der Waals surface area contributed by atoms with Gasteiger partial charge in [0.15, 0.2) is 0 Å². The van der Waals surface area contributed by atoms with Gasteiger partial charge < -0.3 is 10.2 Å². The van der Waals surface area contributed by atoms with Crippen molar-refractivity contribution < 1.29 is 13.6 Å². The maximum Gasteiger partial charge on any atom is 0.256 e. The number of carbonyl (C=O) groups is 1. The summed E-state index contributed by atoms with van der Waals surface area (Å²) < 4.78 is 28.5. The summed E-state index contributed by atoms with van der Waals surface area (Å²) in [6, 6.07) is 2.27. The summed E-state index contributed by atoms with van der Waals surface area (Å²) in [6.45, 7) is 6.22. The van der Waals surface area contributed by atoms with Gasteiger partial charge in [-0.25, -0.2) is 8.78 Å². The third kappa shape index (κ3) is 3.96. The van der Waals surface area contributed by atoms with Crippen molar-refractivity contribution in [1.82, 2.24) is 10.2 Å². The lowest BCUT2D eigenvalue weighted by atomic mass is 9.89. The number of hydrogen-bond donors (Lipinski definition) is 1. The fourth-order valence-electron chi connectivity index (χ4n) is 2.85. The van der Waals surface area contributed by atoms with Crippen LogP contribution in [0.1, 0.15) is 48.5 Å². The molecule has 1 saturated heterocycles. The lowest BCUT2D eigenvalue weighted by Gasteiger charge is -2.24. The molecule has 0 atom stereocenters. The number of piperidine rings is 1. The Balaban J connectivity index is 0.00000242. The van der Waals surface area contributed by atoms with Crippen LogP contribution < -0.4 is 5.32 Å². The van der Waals surface area contributed by atoms with Gasteiger partial charge in [-0.2, -0.15) is 0 Å². The maximum atomic E-state index is 14.3. The van der Waals surface area contributed by atoms with Gasteiger partial charge in [-0.15, -0.1) is 12.4 Å². The van der Waals surface area contributed by atoms with Gasteiger partial charge in [0.25, 0.3) is 5.91 Å². The summed E-state index contributed by atoms with van der Waals surface area (Å²) in [7, 11) is 0. The first kappa shape index (κ1) is 18.8. The summed E-state index contributed by atoms with van der Waals surface area (Å²) in [4.78, 5) is 13.7. The molecular formula is C16H23ClF2N2O. The van der Waals surface area contributed by atoms with Crippen LogP contribution in [0.15, 0.2) is 12.1 Å². The lowest BCUT2D eigenvalue weighted by molar-refractivity contribution is 0.0767. The highest BCUT2D eigenvalue weighted by Gasteiger charge is 2.24. The molecule has 22 heavy (non-hydrogen) atoms. The van der Waals surface area contributed by atoms with Crippen LogP contribution in [0.5, 0.6) is 0 Å². The second-order valence-corrected chi connectivity index (χ2v) is 5.36. The molecule has 2 rings (SSSR count). The third-order valence-electron chi connectivity index (χ3n) is 4.15. The molecule has 0 bridgehead atoms. The van der Waals surface area contributed by atoms with Crippen LogP contribution >= 0.6 is 12.4 Å². The van der Waals surface area contributed by atoms with Crippen molar-refractivity contribution in [3.63, 3.8) is 0 Å². The molecule has 0 spiro atoms. The van der Waals surface area contributed by atoms with Crippen LogP contribution in [0.3, 0.4) is 0 Å². The smallest absolute Gasteiger partial charge is 0.256 e. The largest absolute Gasteiger partial charge is 0.339 e. The van der Waals surface area contributed by atoms with E-state index in [0.717, 1.165) is 32.0 Å². The minimum Gasteiger partial charge on any atom is -0.339 e. The third-order valence-corrected chi connectivity index (χ3v) is 4.15. The molecule has 124 valence electrons. The van der Waals surface area contributed by atoms with E-state index in [1.165, 1.54) is 11.0 Å². The quantitative estimate of drug-likeness (QED) is 0.917. The number of rotatable bonds is 4. The molecule has 1 aromatic carbocycles. The molecule has 0 aromatic heterocycles. The van der Waals surface area contributed by atoms with E-state index in [0.29, 0.717) is 18.7 Å². The maximum absolute atomic E-state index is 14.3. The lowest BCUT2D eigenvalue weighted by Crippen LogP contribution is -2.31. The van der Waals surface area contributed by atoms with Gasteiger partial charge >= 0.3 is 0 Å². The molecule has 1 fully saturated rings. The SMILES string of the molecule is CCN(CC)C(=O)c1cc(F)c(C2CCNCC2)cc1F.Cl. The summed E-state index contributed by atoms with van der Waals surface area (Å²) in [5.41, 5.74) is 0.221. The average molecular weight is 333 g/mol. The Hall–Kier alpha value is -1.20. The minimum atomic E-state index is -0.623. The molecule has 1 amide bonds. The van der Waals surface area contributed by atoms with Crippen LogP contribution in [-0.4, -0.2) is 37.0 Å². The first-order valence-electron chi connectivity index (χ1n) is 7.57. The van der Waals surface area contributed by atoms with Gasteiger partial charge in [-0.1, -0.05) is 0 Å². The first-order chi connectivity index (χ1) is 10.1. The van der Waals surface area contributed by atoms with Crippen molar-refractivity contribution in [2.75, 3.05) is 26.2 Å². The zero-order valence-electron chi connectivity index (χ0n) is 13.0. The molecule has 1 aliphatic heterocycles. The van der Waals surface area contributed by atoms with Gasteiger partial charge in [0.05, 0.1) is 5.56 Å². The zero-order chi connectivity index (χ0) is 15.4. The van der Waals surface area contributed by atoms with Gasteiger partial charge in [0.1, 0.15) is 11.6 Å². The number of nitrogens with one attached hydrogen (secondary N) is 1. The van der Waals surface area contributed by atoms with E-state index in [1.807, 2.05) is 13.8 Å². The van der Waals surface area contributed by atoms with E-state index < -0.39 is 17.5 Å². The summed E-state index contributed by atoms with van der Waals surface area (Å²) in [6.07, 6.45) is 1.58. The molecule has 3 nitrogen and oxygen atoms in total. The second kappa shape index (κ2) is 8.44. The molecule has 0 aliphatic carbocycles. The summed E-state index contributed by atoms with van der Waals surface area (Å²) in [5.74, 6) is -1.52. The van der Waals surface area contributed by atoms with Crippen molar-refractivity contribution in [3.05, 3.63) is 34.9 Å². The van der Waals surface area contributed by atoms with Crippen molar-refractivity contribution in [3.8, 4) is 0 Å². The molecule has 0 unspecified atom stereocenters. The number of hydrogen-bond acceptors (Lipinski definition) is 2. The van der Waals surface area contributed by atoms with E-state index in [9.17, 15) is 13.6 Å². The molecule has 6 heteroatoms. The van der Waals surface area contributed by atoms with E-state index in [-0.39, 0.29) is 23.9 Å².